The van der Waals surface area contributed by atoms with Crippen LogP contribution < -0.4 is 5.73 Å². The van der Waals surface area contributed by atoms with Crippen molar-refractivity contribution in [3.63, 3.8) is 0 Å². The van der Waals surface area contributed by atoms with E-state index in [1.807, 2.05) is 11.6 Å². The smallest absolute Gasteiger partial charge is 0.146 e. The number of nitrogens with two attached hydrogens (primary N) is 1. The van der Waals surface area contributed by atoms with Gasteiger partial charge in [-0.15, -0.1) is 10.2 Å². The summed E-state index contributed by atoms with van der Waals surface area (Å²) < 4.78 is 1.98. The van der Waals surface area contributed by atoms with Gasteiger partial charge in [0.25, 0.3) is 0 Å². The van der Waals surface area contributed by atoms with Crippen LogP contribution in [0.25, 0.3) is 0 Å². The molecule has 0 amide bonds. The molecule has 2 atom stereocenters. The number of aromatic nitrogens is 3. The average Bonchev–Trinajstić information content (AvgIpc) is 2.65. The number of piperidine rings is 1. The third-order valence-electron chi connectivity index (χ3n) is 3.46. The molecule has 1 aromatic rings. The molecule has 16 heavy (non-hydrogen) atoms. The summed E-state index contributed by atoms with van der Waals surface area (Å²) in [7, 11) is 1.99. The predicted molar refractivity (Wildman–Crippen MR) is 62.7 cm³/mol. The Labute approximate surface area is 96.6 Å². The van der Waals surface area contributed by atoms with Crippen LogP contribution in [0.1, 0.15) is 25.6 Å². The van der Waals surface area contributed by atoms with E-state index >= 15 is 0 Å². The largest absolute Gasteiger partial charge is 0.328 e. The van der Waals surface area contributed by atoms with Gasteiger partial charge < -0.3 is 10.3 Å². The molecule has 1 aliphatic rings. The van der Waals surface area contributed by atoms with E-state index in [1.165, 1.54) is 12.8 Å². The van der Waals surface area contributed by atoms with Gasteiger partial charge in [-0.1, -0.05) is 0 Å². The molecule has 1 fully saturated rings. The van der Waals surface area contributed by atoms with Crippen molar-refractivity contribution < 1.29 is 0 Å². The summed E-state index contributed by atoms with van der Waals surface area (Å²) in [5.41, 5.74) is 5.97. The quantitative estimate of drug-likeness (QED) is 0.804. The van der Waals surface area contributed by atoms with Crippen LogP contribution in [0.4, 0.5) is 0 Å². The fourth-order valence-corrected chi connectivity index (χ4v) is 2.31. The van der Waals surface area contributed by atoms with Crippen molar-refractivity contribution in [1.82, 2.24) is 19.7 Å². The van der Waals surface area contributed by atoms with Crippen molar-refractivity contribution in [3.8, 4) is 0 Å². The van der Waals surface area contributed by atoms with Crippen molar-refractivity contribution in [2.75, 3.05) is 13.1 Å². The summed E-state index contributed by atoms with van der Waals surface area (Å²) in [6, 6.07) is 0.294. The minimum absolute atomic E-state index is 0.294. The van der Waals surface area contributed by atoms with E-state index in [0.29, 0.717) is 12.0 Å². The molecule has 2 rings (SSSR count). The summed E-state index contributed by atoms with van der Waals surface area (Å²) in [4.78, 5) is 2.43. The highest BCUT2D eigenvalue weighted by Crippen LogP contribution is 2.19. The van der Waals surface area contributed by atoms with Gasteiger partial charge in [0, 0.05) is 19.6 Å². The second-order valence-electron chi connectivity index (χ2n) is 4.85. The highest BCUT2D eigenvalue weighted by atomic mass is 15.3. The molecule has 1 aliphatic heterocycles. The van der Waals surface area contributed by atoms with Gasteiger partial charge in [-0.25, -0.2) is 0 Å². The molecule has 0 aromatic carbocycles. The highest BCUT2D eigenvalue weighted by Gasteiger charge is 2.23. The lowest BCUT2D eigenvalue weighted by atomic mass is 9.92. The van der Waals surface area contributed by atoms with Crippen LogP contribution >= 0.6 is 0 Å². The van der Waals surface area contributed by atoms with Crippen LogP contribution in [0, 0.1) is 5.92 Å². The second kappa shape index (κ2) is 4.93. The zero-order chi connectivity index (χ0) is 11.5. The van der Waals surface area contributed by atoms with Crippen LogP contribution in [0.2, 0.25) is 0 Å². The Bertz CT molecular complexity index is 333. The van der Waals surface area contributed by atoms with E-state index < -0.39 is 0 Å². The molecule has 0 bridgehead atoms. The normalized spacial score (nSPS) is 24.6. The zero-order valence-corrected chi connectivity index (χ0v) is 10.1. The molecule has 1 saturated heterocycles. The molecule has 5 heteroatoms. The summed E-state index contributed by atoms with van der Waals surface area (Å²) in [5.74, 6) is 1.66. The van der Waals surface area contributed by atoms with Gasteiger partial charge >= 0.3 is 0 Å². The SMILES string of the molecule is CC(N)C1CCCN(Cc2nncn2C)C1. The van der Waals surface area contributed by atoms with Crippen molar-refractivity contribution in [2.45, 2.75) is 32.4 Å². The Balaban J connectivity index is 1.93. The number of aryl methyl sites for hydroxylation is 1. The zero-order valence-electron chi connectivity index (χ0n) is 10.1. The van der Waals surface area contributed by atoms with Crippen LogP contribution in [0.3, 0.4) is 0 Å². The number of hydrogen-bond donors (Lipinski definition) is 1. The van der Waals surface area contributed by atoms with Crippen molar-refractivity contribution in [3.05, 3.63) is 12.2 Å². The van der Waals surface area contributed by atoms with Gasteiger partial charge in [0.1, 0.15) is 12.2 Å². The van der Waals surface area contributed by atoms with Gasteiger partial charge in [-0.2, -0.15) is 0 Å². The van der Waals surface area contributed by atoms with E-state index in [-0.39, 0.29) is 0 Å². The predicted octanol–water partition coefficient (Wildman–Crippen LogP) is 0.374. The van der Waals surface area contributed by atoms with Crippen LogP contribution in [0.15, 0.2) is 6.33 Å². The third-order valence-corrected chi connectivity index (χ3v) is 3.46. The summed E-state index contributed by atoms with van der Waals surface area (Å²) in [6.07, 6.45) is 4.25. The number of hydrogen-bond acceptors (Lipinski definition) is 4. The lowest BCUT2D eigenvalue weighted by molar-refractivity contribution is 0.150. The van der Waals surface area contributed by atoms with Crippen molar-refractivity contribution in [2.24, 2.45) is 18.7 Å². The van der Waals surface area contributed by atoms with E-state index in [2.05, 4.69) is 22.0 Å². The maximum atomic E-state index is 5.97. The summed E-state index contributed by atoms with van der Waals surface area (Å²) in [6.45, 7) is 5.23. The lowest BCUT2D eigenvalue weighted by Gasteiger charge is -2.34. The monoisotopic (exact) mass is 223 g/mol. The van der Waals surface area contributed by atoms with Crippen LogP contribution in [-0.2, 0) is 13.6 Å². The molecule has 2 N–H and O–H groups in total. The Morgan fingerprint density at radius 3 is 3.06 bits per heavy atom. The van der Waals surface area contributed by atoms with Crippen LogP contribution in [0.5, 0.6) is 0 Å². The first-order chi connectivity index (χ1) is 7.66. The molecule has 0 aliphatic carbocycles. The van der Waals surface area contributed by atoms with Crippen molar-refractivity contribution >= 4 is 0 Å². The molecule has 5 nitrogen and oxygen atoms in total. The Morgan fingerprint density at radius 1 is 1.62 bits per heavy atom. The number of rotatable bonds is 3. The molecular weight excluding hydrogens is 202 g/mol. The maximum absolute atomic E-state index is 5.97. The molecule has 2 unspecified atom stereocenters. The molecule has 0 spiro atoms. The number of nitrogens with zero attached hydrogens (tertiary/aromatic N) is 4. The van der Waals surface area contributed by atoms with E-state index in [1.54, 1.807) is 6.33 Å². The first-order valence-corrected chi connectivity index (χ1v) is 5.97. The van der Waals surface area contributed by atoms with Gasteiger partial charge in [0.05, 0.1) is 6.54 Å². The second-order valence-corrected chi connectivity index (χ2v) is 4.85. The van der Waals surface area contributed by atoms with Gasteiger partial charge in [-0.3, -0.25) is 4.90 Å². The molecule has 0 saturated carbocycles. The average molecular weight is 223 g/mol. The van der Waals surface area contributed by atoms with Crippen molar-refractivity contribution in [1.29, 1.82) is 0 Å². The van der Waals surface area contributed by atoms with E-state index in [4.69, 9.17) is 5.73 Å². The molecule has 90 valence electrons. The Hall–Kier alpha value is -0.940. The van der Waals surface area contributed by atoms with Gasteiger partial charge in [-0.05, 0) is 32.2 Å². The Kier molecular flexibility index (Phi) is 3.56. The first-order valence-electron chi connectivity index (χ1n) is 5.97. The van der Waals surface area contributed by atoms with Gasteiger partial charge in [0.15, 0.2) is 0 Å². The highest BCUT2D eigenvalue weighted by molar-refractivity contribution is 4.87. The molecule has 0 radical (unpaired) electrons. The minimum Gasteiger partial charge on any atom is -0.328 e. The lowest BCUT2D eigenvalue weighted by Crippen LogP contribution is -2.42. The van der Waals surface area contributed by atoms with Crippen LogP contribution in [-0.4, -0.2) is 38.8 Å². The third kappa shape index (κ3) is 2.59. The molecule has 2 heterocycles. The molecular formula is C11H21N5. The fourth-order valence-electron chi connectivity index (χ4n) is 2.31. The Morgan fingerprint density at radius 2 is 2.44 bits per heavy atom. The minimum atomic E-state index is 0.294. The van der Waals surface area contributed by atoms with E-state index in [9.17, 15) is 0 Å². The number of likely N-dealkylation sites (tertiary alicyclic amines) is 1. The summed E-state index contributed by atoms with van der Waals surface area (Å²) in [5, 5.41) is 8.02. The molecule has 1 aromatic heterocycles. The first kappa shape index (κ1) is 11.5. The topological polar surface area (TPSA) is 60.0 Å². The summed E-state index contributed by atoms with van der Waals surface area (Å²) >= 11 is 0. The standard InChI is InChI=1S/C11H21N5/c1-9(12)10-4-3-5-16(6-10)7-11-14-13-8-15(11)2/h8-10H,3-7,12H2,1-2H3. The van der Waals surface area contributed by atoms with Gasteiger partial charge in [0.2, 0.25) is 0 Å². The van der Waals surface area contributed by atoms with E-state index in [0.717, 1.165) is 25.5 Å². The fraction of sp³-hybridized carbons (Fsp3) is 0.818. The maximum Gasteiger partial charge on any atom is 0.146 e.